The second kappa shape index (κ2) is 15.3. The molecule has 0 spiro atoms. The van der Waals surface area contributed by atoms with Crippen molar-refractivity contribution in [1.82, 2.24) is 21.3 Å². The average Bonchev–Trinajstić information content (AvgIpc) is 3.82. The molecule has 4 rings (SSSR count). The van der Waals surface area contributed by atoms with Crippen LogP contribution in [0, 0.1) is 0 Å². The van der Waals surface area contributed by atoms with Crippen molar-refractivity contribution in [2.75, 3.05) is 13.1 Å². The van der Waals surface area contributed by atoms with E-state index in [1.54, 1.807) is 36.4 Å². The molecule has 0 unspecified atom stereocenters. The molecule has 12 nitrogen and oxygen atoms in total. The molecule has 4 heterocycles. The quantitative estimate of drug-likeness (QED) is 0.122. The summed E-state index contributed by atoms with van der Waals surface area (Å²) >= 11 is 0. The van der Waals surface area contributed by atoms with E-state index in [2.05, 4.69) is 21.3 Å². The predicted molar refractivity (Wildman–Crippen MR) is 150 cm³/mol. The van der Waals surface area contributed by atoms with Crippen LogP contribution >= 0.6 is 0 Å². The topological polar surface area (TPSA) is 169 Å². The van der Waals surface area contributed by atoms with Gasteiger partial charge in [-0.15, -0.1) is 0 Å². The highest BCUT2D eigenvalue weighted by Crippen LogP contribution is 2.10. The van der Waals surface area contributed by atoms with Gasteiger partial charge in [0.1, 0.15) is 22.9 Å². The molecule has 4 amide bonds. The number of hydrogen-bond donors (Lipinski definition) is 4. The molecule has 0 fully saturated rings. The molecule has 0 saturated heterocycles. The summed E-state index contributed by atoms with van der Waals surface area (Å²) in [5.74, 6) is -1.09. The largest absolute Gasteiger partial charge is 0.465 e. The Labute approximate surface area is 240 Å². The third-order valence-electron chi connectivity index (χ3n) is 5.81. The summed E-state index contributed by atoms with van der Waals surface area (Å²) in [6.07, 6.45) is 11.5. The van der Waals surface area contributed by atoms with Crippen LogP contribution in [0.5, 0.6) is 0 Å². The van der Waals surface area contributed by atoms with Crippen LogP contribution in [0.3, 0.4) is 0 Å². The van der Waals surface area contributed by atoms with Gasteiger partial charge in [0.25, 0.3) is 23.6 Å². The Balaban J connectivity index is 1.18. The van der Waals surface area contributed by atoms with Crippen molar-refractivity contribution in [2.24, 2.45) is 0 Å². The van der Waals surface area contributed by atoms with Gasteiger partial charge in [-0.1, -0.05) is 12.8 Å². The Morgan fingerprint density at radius 2 is 0.952 bits per heavy atom. The number of nitrogens with one attached hydrogen (secondary N) is 4. The van der Waals surface area contributed by atoms with Gasteiger partial charge in [-0.25, -0.2) is 0 Å². The highest BCUT2D eigenvalue weighted by atomic mass is 16.3. The molecule has 0 bridgehead atoms. The van der Waals surface area contributed by atoms with Crippen LogP contribution in [0.25, 0.3) is 12.2 Å². The fraction of sp³-hybridized carbons (Fsp3) is 0.200. The number of hydrogen-bond acceptors (Lipinski definition) is 8. The maximum absolute atomic E-state index is 12.8. The molecule has 0 aliphatic carbocycles. The fourth-order valence-corrected chi connectivity index (χ4v) is 3.73. The van der Waals surface area contributed by atoms with Crippen molar-refractivity contribution in [3.05, 3.63) is 108 Å². The lowest BCUT2D eigenvalue weighted by Crippen LogP contribution is -2.35. The Hall–Kier alpha value is -5.52. The molecule has 0 saturated carbocycles. The summed E-state index contributed by atoms with van der Waals surface area (Å²) in [5, 5.41) is 10.7. The van der Waals surface area contributed by atoms with Crippen LogP contribution in [-0.2, 0) is 9.59 Å². The number of carbonyl (C=O) groups excluding carboxylic acids is 4. The predicted octanol–water partition coefficient (Wildman–Crippen LogP) is 4.09. The van der Waals surface area contributed by atoms with E-state index < -0.39 is 23.6 Å². The summed E-state index contributed by atoms with van der Waals surface area (Å²) in [7, 11) is 0. The zero-order valence-corrected chi connectivity index (χ0v) is 22.6. The first-order chi connectivity index (χ1) is 20.5. The van der Waals surface area contributed by atoms with Crippen LogP contribution in [0.4, 0.5) is 0 Å². The van der Waals surface area contributed by atoms with E-state index in [4.69, 9.17) is 17.7 Å². The molecule has 4 aromatic heterocycles. The van der Waals surface area contributed by atoms with Gasteiger partial charge >= 0.3 is 0 Å². The van der Waals surface area contributed by atoms with Crippen LogP contribution in [-0.4, -0.2) is 36.7 Å². The lowest BCUT2D eigenvalue weighted by Gasteiger charge is -2.11. The maximum Gasteiger partial charge on any atom is 0.291 e. The van der Waals surface area contributed by atoms with Gasteiger partial charge in [-0.2, -0.15) is 0 Å². The van der Waals surface area contributed by atoms with Gasteiger partial charge in [0.2, 0.25) is 0 Å². The van der Waals surface area contributed by atoms with Crippen molar-refractivity contribution in [3.63, 3.8) is 0 Å². The molecule has 4 aromatic rings. The highest BCUT2D eigenvalue weighted by molar-refractivity contribution is 6.05. The SMILES string of the molecule is O=C(NCCCCCCNC(=O)/C(=C/c1ccco1)NC(=O)c1ccco1)/C(=C/c1ccco1)NC(=O)c1ccco1. The first kappa shape index (κ1) is 29.5. The molecule has 0 aromatic carbocycles. The third-order valence-corrected chi connectivity index (χ3v) is 5.81. The molecule has 0 aliphatic rings. The Kier molecular flexibility index (Phi) is 10.7. The molecule has 42 heavy (non-hydrogen) atoms. The van der Waals surface area contributed by atoms with Crippen LogP contribution in [0.1, 0.15) is 58.3 Å². The molecule has 12 heteroatoms. The lowest BCUT2D eigenvalue weighted by molar-refractivity contribution is -0.118. The highest BCUT2D eigenvalue weighted by Gasteiger charge is 2.18. The molecular weight excluding hydrogens is 544 g/mol. The van der Waals surface area contributed by atoms with Gasteiger partial charge in [0.05, 0.1) is 25.1 Å². The zero-order valence-electron chi connectivity index (χ0n) is 22.6. The van der Waals surface area contributed by atoms with Gasteiger partial charge in [0, 0.05) is 25.2 Å². The van der Waals surface area contributed by atoms with E-state index >= 15 is 0 Å². The van der Waals surface area contributed by atoms with Gasteiger partial charge < -0.3 is 38.9 Å². The Bertz CT molecular complexity index is 1370. The van der Waals surface area contributed by atoms with Crippen molar-refractivity contribution in [1.29, 1.82) is 0 Å². The number of carbonyl (C=O) groups is 4. The smallest absolute Gasteiger partial charge is 0.291 e. The number of rotatable bonds is 15. The molecule has 4 N–H and O–H groups in total. The van der Waals surface area contributed by atoms with Crippen molar-refractivity contribution in [3.8, 4) is 0 Å². The fourth-order valence-electron chi connectivity index (χ4n) is 3.73. The summed E-state index contributed by atoms with van der Waals surface area (Å²) in [6.45, 7) is 0.762. The van der Waals surface area contributed by atoms with Crippen molar-refractivity contribution >= 4 is 35.8 Å². The third kappa shape index (κ3) is 9.01. The Morgan fingerprint density at radius 3 is 1.31 bits per heavy atom. The second-order valence-electron chi connectivity index (χ2n) is 8.94. The van der Waals surface area contributed by atoms with E-state index in [-0.39, 0.29) is 22.9 Å². The summed E-state index contributed by atoms with van der Waals surface area (Å²) < 4.78 is 20.7. The average molecular weight is 575 g/mol. The lowest BCUT2D eigenvalue weighted by atomic mass is 10.2. The first-order valence-corrected chi connectivity index (χ1v) is 13.3. The summed E-state index contributed by atoms with van der Waals surface area (Å²) in [6, 6.07) is 12.8. The van der Waals surface area contributed by atoms with Crippen molar-refractivity contribution < 1.29 is 36.8 Å². The standard InChI is InChI=1S/C30H30N4O8/c35-27(23(19-21-9-5-15-39-21)33-29(37)25-11-7-17-41-25)31-13-3-1-2-4-14-32-28(36)24(20-22-10-6-16-40-22)34-30(38)26-12-8-18-42-26/h5-12,15-20H,1-4,13-14H2,(H,31,35)(H,32,36)(H,33,37)(H,34,38)/b23-19-,24-20-. The number of furan rings is 4. The first-order valence-electron chi connectivity index (χ1n) is 13.3. The maximum atomic E-state index is 12.8. The molecule has 0 aliphatic heterocycles. The number of unbranched alkanes of at least 4 members (excludes halogenated alkanes) is 3. The minimum Gasteiger partial charge on any atom is -0.465 e. The van der Waals surface area contributed by atoms with Crippen molar-refractivity contribution in [2.45, 2.75) is 25.7 Å². The van der Waals surface area contributed by atoms with E-state index in [0.717, 1.165) is 12.8 Å². The van der Waals surface area contributed by atoms with Gasteiger partial charge in [0.15, 0.2) is 11.5 Å². The minimum absolute atomic E-state index is 0.0200. The molecular formula is C30H30N4O8. The van der Waals surface area contributed by atoms with E-state index in [0.29, 0.717) is 37.5 Å². The van der Waals surface area contributed by atoms with E-state index in [1.165, 1.54) is 49.3 Å². The van der Waals surface area contributed by atoms with Crippen LogP contribution < -0.4 is 21.3 Å². The zero-order chi connectivity index (χ0) is 29.6. The number of amides is 4. The van der Waals surface area contributed by atoms with E-state index in [1.807, 2.05) is 0 Å². The molecule has 218 valence electrons. The minimum atomic E-state index is -0.558. The molecule has 0 radical (unpaired) electrons. The molecule has 0 atom stereocenters. The monoisotopic (exact) mass is 574 g/mol. The van der Waals surface area contributed by atoms with Gasteiger partial charge in [-0.05, 0) is 61.4 Å². The summed E-state index contributed by atoms with van der Waals surface area (Å²) in [5.41, 5.74) is 0.0400. The van der Waals surface area contributed by atoms with Crippen LogP contribution in [0.15, 0.2) is 103 Å². The van der Waals surface area contributed by atoms with Crippen LogP contribution in [0.2, 0.25) is 0 Å². The van der Waals surface area contributed by atoms with E-state index in [9.17, 15) is 19.2 Å². The normalized spacial score (nSPS) is 11.6. The summed E-state index contributed by atoms with van der Waals surface area (Å²) in [4.78, 5) is 50.3. The second-order valence-corrected chi connectivity index (χ2v) is 8.94. The van der Waals surface area contributed by atoms with Gasteiger partial charge in [-0.3, -0.25) is 19.2 Å². The Morgan fingerprint density at radius 1 is 0.548 bits per heavy atom.